The quantitative estimate of drug-likeness (QED) is 0.812. The first-order valence-corrected chi connectivity index (χ1v) is 7.88. The van der Waals surface area contributed by atoms with Crippen LogP contribution in [-0.2, 0) is 15.6 Å². The number of carbonyl (C=O) groups is 1. The highest BCUT2D eigenvalue weighted by molar-refractivity contribution is 7.90. The van der Waals surface area contributed by atoms with Gasteiger partial charge >= 0.3 is 5.76 Å². The lowest BCUT2D eigenvalue weighted by molar-refractivity contribution is 0.0946. The molecule has 0 aliphatic carbocycles. The molecular weight excluding hydrogens is 338 g/mol. The van der Waals surface area contributed by atoms with Crippen LogP contribution in [0.2, 0.25) is 0 Å². The first-order chi connectivity index (χ1) is 9.51. The third kappa shape index (κ3) is 6.67. The number of halogens is 3. The summed E-state index contributed by atoms with van der Waals surface area (Å²) in [7, 11) is -4.46. The van der Waals surface area contributed by atoms with Crippen molar-refractivity contribution in [3.05, 3.63) is 35.4 Å². The van der Waals surface area contributed by atoms with Crippen molar-refractivity contribution in [3.63, 3.8) is 0 Å². The van der Waals surface area contributed by atoms with E-state index in [2.05, 4.69) is 5.32 Å². The van der Waals surface area contributed by atoms with E-state index in [9.17, 15) is 22.0 Å². The number of rotatable bonds is 6. The molecule has 1 rings (SSSR count). The number of nitrogens with one attached hydrogen (secondary N) is 1. The zero-order valence-corrected chi connectivity index (χ0v) is 13.8. The van der Waals surface area contributed by atoms with Crippen LogP contribution in [0.1, 0.15) is 29.8 Å². The lowest BCUT2D eigenvalue weighted by Gasteiger charge is -2.18. The summed E-state index contributed by atoms with van der Waals surface area (Å²) < 4.78 is 46.7. The summed E-state index contributed by atoms with van der Waals surface area (Å²) in [6, 6.07) is 5.44. The van der Waals surface area contributed by atoms with Crippen molar-refractivity contribution < 1.29 is 22.0 Å². The maximum Gasteiger partial charge on any atom is 0.337 e. The highest BCUT2D eigenvalue weighted by Crippen LogP contribution is 2.14. The molecule has 3 N–H and O–H groups in total. The molecule has 0 aliphatic heterocycles. The Labute approximate surface area is 134 Å². The van der Waals surface area contributed by atoms with Gasteiger partial charge in [-0.25, -0.2) is 8.42 Å². The molecule has 0 atom stereocenters. The number of nitrogens with two attached hydrogens (primary N) is 1. The van der Waals surface area contributed by atoms with E-state index in [4.69, 9.17) is 5.73 Å². The molecule has 0 fully saturated rings. The highest BCUT2D eigenvalue weighted by atomic mass is 35.5. The number of alkyl halides is 2. The largest absolute Gasteiger partial charge is 0.350 e. The first-order valence-electron chi connectivity index (χ1n) is 6.17. The topological polar surface area (TPSA) is 89.3 Å². The first kappa shape index (κ1) is 20.8. The predicted molar refractivity (Wildman–Crippen MR) is 82.9 cm³/mol. The molecule has 0 saturated heterocycles. The lowest BCUT2D eigenvalue weighted by atomic mass is 10.1. The summed E-state index contributed by atoms with van der Waals surface area (Å²) in [4.78, 5) is 11.8. The van der Waals surface area contributed by atoms with Crippen molar-refractivity contribution in [3.8, 4) is 0 Å². The number of amides is 1. The van der Waals surface area contributed by atoms with Gasteiger partial charge in [-0.1, -0.05) is 12.1 Å². The molecular formula is C13H19ClF2N2O3S. The number of hydrogen-bond donors (Lipinski definition) is 2. The van der Waals surface area contributed by atoms with Gasteiger partial charge in [-0.15, -0.1) is 12.4 Å². The monoisotopic (exact) mass is 356 g/mol. The minimum Gasteiger partial charge on any atom is -0.350 e. The van der Waals surface area contributed by atoms with Crippen molar-refractivity contribution in [1.82, 2.24) is 5.32 Å². The van der Waals surface area contributed by atoms with Crippen LogP contribution in [-0.4, -0.2) is 32.2 Å². The molecule has 0 saturated carbocycles. The normalized spacial score (nSPS) is 11.9. The smallest absolute Gasteiger partial charge is 0.337 e. The van der Waals surface area contributed by atoms with Gasteiger partial charge < -0.3 is 11.1 Å². The Morgan fingerprint density at radius 3 is 2.18 bits per heavy atom. The summed E-state index contributed by atoms with van der Waals surface area (Å²) in [5.74, 6) is -4.54. The van der Waals surface area contributed by atoms with E-state index in [1.54, 1.807) is 13.8 Å². The number of hydrogen-bond acceptors (Lipinski definition) is 4. The summed E-state index contributed by atoms with van der Waals surface area (Å²) in [5, 5.41) is 2.62. The Morgan fingerprint density at radius 1 is 1.27 bits per heavy atom. The molecule has 0 aromatic heterocycles. The van der Waals surface area contributed by atoms with Crippen LogP contribution in [0.4, 0.5) is 8.78 Å². The molecule has 0 heterocycles. The minimum absolute atomic E-state index is 0. The second-order valence-electron chi connectivity index (χ2n) is 5.44. The molecule has 9 heteroatoms. The number of carbonyl (C=O) groups excluding carboxylic acids is 1. The van der Waals surface area contributed by atoms with Crippen molar-refractivity contribution >= 4 is 28.2 Å². The number of benzene rings is 1. The summed E-state index contributed by atoms with van der Waals surface area (Å²) >= 11 is 0. The van der Waals surface area contributed by atoms with Crippen LogP contribution in [0.3, 0.4) is 0 Å². The zero-order chi connectivity index (χ0) is 16.3. The average Bonchev–Trinajstić information content (AvgIpc) is 2.35. The van der Waals surface area contributed by atoms with Gasteiger partial charge in [0, 0.05) is 17.6 Å². The fraction of sp³-hybridized carbons (Fsp3) is 0.462. The molecule has 0 spiro atoms. The standard InChI is InChI=1S/C13H18F2N2O3S.ClH/c1-13(2,16)8-17-11(18)10-5-3-9(4-6-10)7-21(19,20)12(14)15;/h3-6,12H,7-8,16H2,1-2H3,(H,17,18);1H. The maximum absolute atomic E-state index is 12.3. The van der Waals surface area contributed by atoms with E-state index in [1.165, 1.54) is 24.3 Å². The van der Waals surface area contributed by atoms with Crippen LogP contribution < -0.4 is 11.1 Å². The van der Waals surface area contributed by atoms with Gasteiger partial charge in [0.2, 0.25) is 9.84 Å². The van der Waals surface area contributed by atoms with Gasteiger partial charge in [0.1, 0.15) is 0 Å². The second-order valence-corrected chi connectivity index (χ2v) is 7.41. The zero-order valence-electron chi connectivity index (χ0n) is 12.2. The predicted octanol–water partition coefficient (Wildman–Crippen LogP) is 1.71. The van der Waals surface area contributed by atoms with Crippen LogP contribution in [0.25, 0.3) is 0 Å². The van der Waals surface area contributed by atoms with Crippen molar-refractivity contribution in [2.45, 2.75) is 30.9 Å². The van der Waals surface area contributed by atoms with Gasteiger partial charge in [-0.05, 0) is 31.5 Å². The SMILES string of the molecule is CC(C)(N)CNC(=O)c1ccc(CS(=O)(=O)C(F)F)cc1.Cl. The van der Waals surface area contributed by atoms with Crippen molar-refractivity contribution in [2.75, 3.05) is 6.54 Å². The van der Waals surface area contributed by atoms with Crippen molar-refractivity contribution in [1.29, 1.82) is 0 Å². The summed E-state index contributed by atoms with van der Waals surface area (Å²) in [5.41, 5.74) is 5.68. The van der Waals surface area contributed by atoms with E-state index < -0.39 is 26.9 Å². The van der Waals surface area contributed by atoms with E-state index in [0.717, 1.165) is 0 Å². The average molecular weight is 357 g/mol. The van der Waals surface area contributed by atoms with Gasteiger partial charge in [0.25, 0.3) is 5.91 Å². The molecule has 0 radical (unpaired) electrons. The third-order valence-electron chi connectivity index (χ3n) is 2.56. The van der Waals surface area contributed by atoms with Crippen LogP contribution in [0.15, 0.2) is 24.3 Å². The second kappa shape index (κ2) is 7.85. The Bertz CT molecular complexity index is 599. The summed E-state index contributed by atoms with van der Waals surface area (Å²) in [6.45, 7) is 3.78. The number of sulfone groups is 1. The molecule has 0 aliphatic rings. The lowest BCUT2D eigenvalue weighted by Crippen LogP contribution is -2.45. The fourth-order valence-corrected chi connectivity index (χ4v) is 2.24. The maximum atomic E-state index is 12.3. The summed E-state index contributed by atoms with van der Waals surface area (Å²) in [6.07, 6.45) is 0. The molecule has 0 bridgehead atoms. The van der Waals surface area contributed by atoms with E-state index >= 15 is 0 Å². The van der Waals surface area contributed by atoms with Gasteiger partial charge in [-0.3, -0.25) is 4.79 Å². The Kier molecular flexibility index (Phi) is 7.40. The van der Waals surface area contributed by atoms with Gasteiger partial charge in [-0.2, -0.15) is 8.78 Å². The van der Waals surface area contributed by atoms with E-state index in [-0.39, 0.29) is 30.4 Å². The van der Waals surface area contributed by atoms with Gasteiger partial charge in [0.15, 0.2) is 0 Å². The van der Waals surface area contributed by atoms with E-state index in [0.29, 0.717) is 5.56 Å². The molecule has 0 unspecified atom stereocenters. The molecule has 126 valence electrons. The van der Waals surface area contributed by atoms with Crippen LogP contribution >= 0.6 is 12.4 Å². The molecule has 5 nitrogen and oxygen atoms in total. The highest BCUT2D eigenvalue weighted by Gasteiger charge is 2.24. The van der Waals surface area contributed by atoms with Crippen LogP contribution in [0.5, 0.6) is 0 Å². The van der Waals surface area contributed by atoms with Crippen molar-refractivity contribution in [2.24, 2.45) is 5.73 Å². The Morgan fingerprint density at radius 2 is 1.77 bits per heavy atom. The molecule has 1 aromatic carbocycles. The van der Waals surface area contributed by atoms with Crippen LogP contribution in [0, 0.1) is 0 Å². The molecule has 22 heavy (non-hydrogen) atoms. The Hall–Kier alpha value is -1.25. The van der Waals surface area contributed by atoms with Gasteiger partial charge in [0.05, 0.1) is 5.75 Å². The minimum atomic E-state index is -4.46. The molecule has 1 aromatic rings. The fourth-order valence-electron chi connectivity index (χ4n) is 1.46. The molecule has 1 amide bonds. The van der Waals surface area contributed by atoms with E-state index in [1.807, 2.05) is 0 Å². The Balaban J connectivity index is 0.00000441. The third-order valence-corrected chi connectivity index (χ3v) is 3.84.